The van der Waals surface area contributed by atoms with Crippen molar-refractivity contribution in [2.75, 3.05) is 7.11 Å². The number of hydrogen-bond acceptors (Lipinski definition) is 5. The van der Waals surface area contributed by atoms with Crippen molar-refractivity contribution in [2.24, 2.45) is 0 Å². The third-order valence-electron chi connectivity index (χ3n) is 3.76. The van der Waals surface area contributed by atoms with Gasteiger partial charge in [0, 0.05) is 18.7 Å². The van der Waals surface area contributed by atoms with Gasteiger partial charge >= 0.3 is 0 Å². The maximum atomic E-state index is 5.67. The third kappa shape index (κ3) is 2.89. The Morgan fingerprint density at radius 3 is 2.90 bits per heavy atom. The van der Waals surface area contributed by atoms with E-state index in [9.17, 15) is 0 Å². The van der Waals surface area contributed by atoms with E-state index < -0.39 is 0 Å². The van der Waals surface area contributed by atoms with Crippen molar-refractivity contribution >= 4 is 0 Å². The highest BCUT2D eigenvalue weighted by Crippen LogP contribution is 2.22. The molecule has 2 unspecified atom stereocenters. The van der Waals surface area contributed by atoms with Crippen LogP contribution in [0.4, 0.5) is 0 Å². The van der Waals surface area contributed by atoms with Gasteiger partial charge in [-0.3, -0.25) is 0 Å². The maximum absolute atomic E-state index is 5.67. The van der Waals surface area contributed by atoms with Crippen LogP contribution in [0.2, 0.25) is 0 Å². The van der Waals surface area contributed by atoms with Crippen molar-refractivity contribution in [3.05, 3.63) is 36.2 Å². The lowest BCUT2D eigenvalue weighted by atomic mass is 10.2. The van der Waals surface area contributed by atoms with Crippen LogP contribution in [0.3, 0.4) is 0 Å². The van der Waals surface area contributed by atoms with E-state index in [-0.39, 0.29) is 0 Å². The van der Waals surface area contributed by atoms with Crippen LogP contribution in [0.25, 0.3) is 11.5 Å². The lowest BCUT2D eigenvalue weighted by Crippen LogP contribution is -2.36. The molecule has 0 amide bonds. The van der Waals surface area contributed by atoms with Gasteiger partial charge in [-0.05, 0) is 31.4 Å². The molecular formula is C15H19N3O2. The van der Waals surface area contributed by atoms with Crippen molar-refractivity contribution in [2.45, 2.75) is 38.0 Å². The highest BCUT2D eigenvalue weighted by atomic mass is 16.5. The average molecular weight is 273 g/mol. The number of rotatable bonds is 5. The van der Waals surface area contributed by atoms with E-state index in [0.717, 1.165) is 18.4 Å². The van der Waals surface area contributed by atoms with Gasteiger partial charge in [0.05, 0.1) is 12.6 Å². The van der Waals surface area contributed by atoms with Gasteiger partial charge in [0.25, 0.3) is 0 Å². The Kier molecular flexibility index (Phi) is 4.08. The quantitative estimate of drug-likeness (QED) is 0.906. The molecular weight excluding hydrogens is 254 g/mol. The summed E-state index contributed by atoms with van der Waals surface area (Å²) in [7, 11) is 1.77. The summed E-state index contributed by atoms with van der Waals surface area (Å²) in [6.45, 7) is 0.588. The van der Waals surface area contributed by atoms with E-state index in [2.05, 4.69) is 15.5 Å². The Morgan fingerprint density at radius 2 is 2.10 bits per heavy atom. The van der Waals surface area contributed by atoms with Crippen LogP contribution < -0.4 is 5.32 Å². The molecule has 1 N–H and O–H groups in total. The summed E-state index contributed by atoms with van der Waals surface area (Å²) in [6.07, 6.45) is 3.76. The highest BCUT2D eigenvalue weighted by Gasteiger charge is 2.26. The Balaban J connectivity index is 1.60. The molecule has 1 heterocycles. The molecule has 106 valence electrons. The van der Waals surface area contributed by atoms with E-state index in [4.69, 9.17) is 9.15 Å². The molecule has 0 aliphatic heterocycles. The fourth-order valence-corrected chi connectivity index (χ4v) is 2.68. The van der Waals surface area contributed by atoms with Crippen molar-refractivity contribution in [1.29, 1.82) is 0 Å². The summed E-state index contributed by atoms with van der Waals surface area (Å²) >= 11 is 0. The summed E-state index contributed by atoms with van der Waals surface area (Å²) < 4.78 is 11.1. The first kappa shape index (κ1) is 13.3. The number of methoxy groups -OCH3 is 1. The first-order valence-electron chi connectivity index (χ1n) is 7.01. The SMILES string of the molecule is COC1CCCC1NCc1nnc(-c2ccccc2)o1. The van der Waals surface area contributed by atoms with Crippen LogP contribution in [0.5, 0.6) is 0 Å². The first-order chi connectivity index (χ1) is 9.86. The van der Waals surface area contributed by atoms with Gasteiger partial charge < -0.3 is 14.5 Å². The van der Waals surface area contributed by atoms with Gasteiger partial charge in [-0.2, -0.15) is 0 Å². The number of nitrogens with zero attached hydrogens (tertiary/aromatic N) is 2. The second-order valence-corrected chi connectivity index (χ2v) is 5.06. The molecule has 0 spiro atoms. The maximum Gasteiger partial charge on any atom is 0.247 e. The lowest BCUT2D eigenvalue weighted by Gasteiger charge is -2.18. The van der Waals surface area contributed by atoms with Crippen LogP contribution in [0.1, 0.15) is 25.2 Å². The molecule has 0 bridgehead atoms. The molecule has 1 saturated carbocycles. The van der Waals surface area contributed by atoms with Crippen molar-refractivity contribution in [3.8, 4) is 11.5 Å². The number of ether oxygens (including phenoxy) is 1. The largest absolute Gasteiger partial charge is 0.419 e. The number of nitrogens with one attached hydrogen (secondary N) is 1. The molecule has 1 aromatic carbocycles. The van der Waals surface area contributed by atoms with Gasteiger partial charge in [0.1, 0.15) is 0 Å². The molecule has 1 aliphatic carbocycles. The van der Waals surface area contributed by atoms with Crippen LogP contribution in [-0.2, 0) is 11.3 Å². The van der Waals surface area contributed by atoms with Crippen molar-refractivity contribution < 1.29 is 9.15 Å². The molecule has 2 aromatic rings. The summed E-state index contributed by atoms with van der Waals surface area (Å²) in [6, 6.07) is 10.2. The van der Waals surface area contributed by atoms with E-state index in [0.29, 0.717) is 30.5 Å². The number of aromatic nitrogens is 2. The smallest absolute Gasteiger partial charge is 0.247 e. The minimum absolute atomic E-state index is 0.298. The molecule has 20 heavy (non-hydrogen) atoms. The van der Waals surface area contributed by atoms with Gasteiger partial charge in [0.15, 0.2) is 0 Å². The molecule has 1 aromatic heterocycles. The van der Waals surface area contributed by atoms with Crippen LogP contribution in [0, 0.1) is 0 Å². The van der Waals surface area contributed by atoms with Crippen LogP contribution in [0.15, 0.2) is 34.7 Å². The lowest BCUT2D eigenvalue weighted by molar-refractivity contribution is 0.0840. The monoisotopic (exact) mass is 273 g/mol. The van der Waals surface area contributed by atoms with Gasteiger partial charge in [-0.25, -0.2) is 0 Å². The van der Waals surface area contributed by atoms with Gasteiger partial charge in [0.2, 0.25) is 11.8 Å². The zero-order chi connectivity index (χ0) is 13.8. The molecule has 0 saturated heterocycles. The predicted molar refractivity (Wildman–Crippen MR) is 75.0 cm³/mol. The first-order valence-corrected chi connectivity index (χ1v) is 7.01. The molecule has 0 radical (unpaired) electrons. The summed E-state index contributed by atoms with van der Waals surface area (Å²) in [5.74, 6) is 1.18. The summed E-state index contributed by atoms with van der Waals surface area (Å²) in [5.41, 5.74) is 0.946. The van der Waals surface area contributed by atoms with E-state index in [1.54, 1.807) is 7.11 Å². The van der Waals surface area contributed by atoms with E-state index >= 15 is 0 Å². The normalized spacial score (nSPS) is 22.2. The minimum atomic E-state index is 0.298. The molecule has 3 rings (SSSR count). The fraction of sp³-hybridized carbons (Fsp3) is 0.467. The molecule has 1 fully saturated rings. The second-order valence-electron chi connectivity index (χ2n) is 5.06. The number of benzene rings is 1. The van der Waals surface area contributed by atoms with E-state index in [1.165, 1.54) is 6.42 Å². The minimum Gasteiger partial charge on any atom is -0.419 e. The Labute approximate surface area is 118 Å². The average Bonchev–Trinajstić information content (AvgIpc) is 3.15. The zero-order valence-corrected chi connectivity index (χ0v) is 11.6. The Bertz CT molecular complexity index is 541. The van der Waals surface area contributed by atoms with Gasteiger partial charge in [-0.15, -0.1) is 10.2 Å². The Morgan fingerprint density at radius 1 is 1.25 bits per heavy atom. The molecule has 5 heteroatoms. The zero-order valence-electron chi connectivity index (χ0n) is 11.6. The molecule has 5 nitrogen and oxygen atoms in total. The fourth-order valence-electron chi connectivity index (χ4n) is 2.68. The standard InChI is InChI=1S/C15H19N3O2/c1-19-13-9-5-8-12(13)16-10-14-17-18-15(20-14)11-6-3-2-4-7-11/h2-4,6-7,12-13,16H,5,8-10H2,1H3. The van der Waals surface area contributed by atoms with Crippen LogP contribution in [-0.4, -0.2) is 29.5 Å². The topological polar surface area (TPSA) is 60.2 Å². The molecule has 2 atom stereocenters. The van der Waals surface area contributed by atoms with E-state index in [1.807, 2.05) is 30.3 Å². The summed E-state index contributed by atoms with van der Waals surface area (Å²) in [4.78, 5) is 0. The molecule has 1 aliphatic rings. The van der Waals surface area contributed by atoms with Crippen molar-refractivity contribution in [3.63, 3.8) is 0 Å². The third-order valence-corrected chi connectivity index (χ3v) is 3.76. The second kappa shape index (κ2) is 6.15. The predicted octanol–water partition coefficient (Wildman–Crippen LogP) is 2.39. The van der Waals surface area contributed by atoms with Crippen LogP contribution >= 0.6 is 0 Å². The van der Waals surface area contributed by atoms with Gasteiger partial charge in [-0.1, -0.05) is 18.2 Å². The highest BCUT2D eigenvalue weighted by molar-refractivity contribution is 5.51. The number of hydrogen-bond donors (Lipinski definition) is 1. The summed E-state index contributed by atoms with van der Waals surface area (Å²) in [5, 5.41) is 11.6. The Hall–Kier alpha value is -1.72. The van der Waals surface area contributed by atoms with Crippen molar-refractivity contribution in [1.82, 2.24) is 15.5 Å².